The van der Waals surface area contributed by atoms with Gasteiger partial charge in [-0.2, -0.15) is 0 Å². The standard InChI is InChI=1S/C13H13BrN2O2S/c1-18-13(17)8-2-3-12(11(15)4-8)16-6-10-5-9(14)7-19-10/h2-5,7,16H,6,15H2,1H3. The number of esters is 1. The zero-order valence-electron chi connectivity index (χ0n) is 10.3. The maximum Gasteiger partial charge on any atom is 0.337 e. The SMILES string of the molecule is COC(=O)c1ccc(NCc2cc(Br)cs2)c(N)c1. The Labute approximate surface area is 123 Å². The molecule has 2 rings (SSSR count). The lowest BCUT2D eigenvalue weighted by Crippen LogP contribution is -2.05. The minimum absolute atomic E-state index is 0.388. The molecule has 0 bridgehead atoms. The highest BCUT2D eigenvalue weighted by atomic mass is 79.9. The van der Waals surface area contributed by atoms with E-state index < -0.39 is 0 Å². The van der Waals surface area contributed by atoms with E-state index in [-0.39, 0.29) is 5.97 Å². The molecule has 1 aromatic heterocycles. The van der Waals surface area contributed by atoms with E-state index in [1.807, 2.05) is 5.38 Å². The third-order valence-electron chi connectivity index (χ3n) is 2.55. The number of anilines is 2. The number of benzene rings is 1. The highest BCUT2D eigenvalue weighted by molar-refractivity contribution is 9.10. The zero-order chi connectivity index (χ0) is 13.8. The number of ether oxygens (including phenoxy) is 1. The Morgan fingerprint density at radius 1 is 1.47 bits per heavy atom. The third kappa shape index (κ3) is 3.48. The predicted molar refractivity (Wildman–Crippen MR) is 81.5 cm³/mol. The molecular weight excluding hydrogens is 328 g/mol. The molecule has 0 atom stereocenters. The Kier molecular flexibility index (Phi) is 4.44. The molecule has 0 aliphatic carbocycles. The summed E-state index contributed by atoms with van der Waals surface area (Å²) in [6.07, 6.45) is 0. The van der Waals surface area contributed by atoms with E-state index in [2.05, 4.69) is 32.0 Å². The Balaban J connectivity index is 2.07. The van der Waals surface area contributed by atoms with Crippen LogP contribution in [0.1, 0.15) is 15.2 Å². The molecule has 4 nitrogen and oxygen atoms in total. The summed E-state index contributed by atoms with van der Waals surface area (Å²) in [6, 6.07) is 7.13. The van der Waals surface area contributed by atoms with Crippen LogP contribution in [-0.4, -0.2) is 13.1 Å². The summed E-state index contributed by atoms with van der Waals surface area (Å²) in [7, 11) is 1.35. The molecule has 1 heterocycles. The zero-order valence-corrected chi connectivity index (χ0v) is 12.7. The van der Waals surface area contributed by atoms with Gasteiger partial charge in [-0.1, -0.05) is 0 Å². The Morgan fingerprint density at radius 2 is 2.26 bits per heavy atom. The van der Waals surface area contributed by atoms with Crippen molar-refractivity contribution in [1.82, 2.24) is 0 Å². The van der Waals surface area contributed by atoms with E-state index in [4.69, 9.17) is 5.73 Å². The Morgan fingerprint density at radius 3 is 2.84 bits per heavy atom. The van der Waals surface area contributed by atoms with E-state index in [1.165, 1.54) is 12.0 Å². The quantitative estimate of drug-likeness (QED) is 0.660. The topological polar surface area (TPSA) is 64.3 Å². The van der Waals surface area contributed by atoms with Gasteiger partial charge in [-0.15, -0.1) is 11.3 Å². The fourth-order valence-corrected chi connectivity index (χ4v) is 2.99. The second kappa shape index (κ2) is 6.08. The minimum Gasteiger partial charge on any atom is -0.465 e. The van der Waals surface area contributed by atoms with Crippen molar-refractivity contribution in [3.05, 3.63) is 44.6 Å². The highest BCUT2D eigenvalue weighted by Crippen LogP contribution is 2.24. The van der Waals surface area contributed by atoms with Crippen molar-refractivity contribution in [2.45, 2.75) is 6.54 Å². The van der Waals surface area contributed by atoms with Gasteiger partial charge in [0.15, 0.2) is 0 Å². The molecule has 19 heavy (non-hydrogen) atoms. The van der Waals surface area contributed by atoms with E-state index >= 15 is 0 Å². The van der Waals surface area contributed by atoms with Gasteiger partial charge >= 0.3 is 5.97 Å². The van der Waals surface area contributed by atoms with Crippen LogP contribution in [0.4, 0.5) is 11.4 Å². The van der Waals surface area contributed by atoms with Crippen LogP contribution in [0.5, 0.6) is 0 Å². The summed E-state index contributed by atoms with van der Waals surface area (Å²) >= 11 is 5.07. The van der Waals surface area contributed by atoms with Crippen LogP contribution < -0.4 is 11.1 Å². The molecule has 0 radical (unpaired) electrons. The fraction of sp³-hybridized carbons (Fsp3) is 0.154. The minimum atomic E-state index is -0.388. The van der Waals surface area contributed by atoms with Crippen molar-refractivity contribution in [3.63, 3.8) is 0 Å². The summed E-state index contributed by atoms with van der Waals surface area (Å²) in [5.74, 6) is -0.388. The molecule has 3 N–H and O–H groups in total. The van der Waals surface area contributed by atoms with Crippen molar-refractivity contribution >= 4 is 44.6 Å². The van der Waals surface area contributed by atoms with Gasteiger partial charge in [0.1, 0.15) is 0 Å². The van der Waals surface area contributed by atoms with E-state index in [9.17, 15) is 4.79 Å². The maximum atomic E-state index is 11.4. The highest BCUT2D eigenvalue weighted by Gasteiger charge is 2.08. The molecule has 0 aliphatic heterocycles. The van der Waals surface area contributed by atoms with Crippen LogP contribution in [0.25, 0.3) is 0 Å². The first-order chi connectivity index (χ1) is 9.10. The molecule has 1 aromatic carbocycles. The lowest BCUT2D eigenvalue weighted by Gasteiger charge is -2.09. The molecule has 0 aliphatic rings. The predicted octanol–water partition coefficient (Wildman–Crippen LogP) is 3.49. The van der Waals surface area contributed by atoms with Gasteiger partial charge in [0.25, 0.3) is 0 Å². The number of thiophene rings is 1. The molecule has 0 amide bonds. The van der Waals surface area contributed by atoms with Gasteiger partial charge in [0.2, 0.25) is 0 Å². The molecule has 0 spiro atoms. The van der Waals surface area contributed by atoms with E-state index in [1.54, 1.807) is 29.5 Å². The first-order valence-electron chi connectivity index (χ1n) is 5.55. The number of carbonyl (C=O) groups excluding carboxylic acids is 1. The van der Waals surface area contributed by atoms with Crippen molar-refractivity contribution in [3.8, 4) is 0 Å². The largest absolute Gasteiger partial charge is 0.465 e. The second-order valence-electron chi connectivity index (χ2n) is 3.88. The van der Waals surface area contributed by atoms with Crippen molar-refractivity contribution in [2.75, 3.05) is 18.2 Å². The van der Waals surface area contributed by atoms with E-state index in [0.717, 1.165) is 10.2 Å². The number of hydrogen-bond donors (Lipinski definition) is 2. The third-order valence-corrected chi connectivity index (χ3v) is 4.25. The molecule has 6 heteroatoms. The van der Waals surface area contributed by atoms with Crippen LogP contribution in [-0.2, 0) is 11.3 Å². The van der Waals surface area contributed by atoms with Crippen molar-refractivity contribution < 1.29 is 9.53 Å². The van der Waals surface area contributed by atoms with Gasteiger partial charge in [0, 0.05) is 21.3 Å². The van der Waals surface area contributed by atoms with E-state index in [0.29, 0.717) is 17.8 Å². The summed E-state index contributed by atoms with van der Waals surface area (Å²) in [6.45, 7) is 0.692. The van der Waals surface area contributed by atoms with Crippen LogP contribution in [0.15, 0.2) is 34.1 Å². The first kappa shape index (κ1) is 13.9. The molecule has 0 unspecified atom stereocenters. The average molecular weight is 341 g/mol. The molecule has 2 aromatic rings. The first-order valence-corrected chi connectivity index (χ1v) is 7.22. The van der Waals surface area contributed by atoms with Gasteiger partial charge in [-0.3, -0.25) is 0 Å². The number of nitrogens with one attached hydrogen (secondary N) is 1. The van der Waals surface area contributed by atoms with Crippen molar-refractivity contribution in [2.24, 2.45) is 0 Å². The fourth-order valence-electron chi connectivity index (χ4n) is 1.60. The average Bonchev–Trinajstić information content (AvgIpc) is 2.82. The lowest BCUT2D eigenvalue weighted by molar-refractivity contribution is 0.0601. The molecule has 0 fully saturated rings. The molecule has 100 valence electrons. The van der Waals surface area contributed by atoms with Gasteiger partial charge in [0.05, 0.1) is 24.0 Å². The summed E-state index contributed by atoms with van der Waals surface area (Å²) in [5, 5.41) is 5.27. The van der Waals surface area contributed by atoms with Crippen LogP contribution in [0, 0.1) is 0 Å². The number of rotatable bonds is 4. The number of methoxy groups -OCH3 is 1. The molecule has 0 saturated heterocycles. The number of nitrogen functional groups attached to an aromatic ring is 1. The normalized spacial score (nSPS) is 10.2. The molecular formula is C13H13BrN2O2S. The number of hydrogen-bond acceptors (Lipinski definition) is 5. The van der Waals surface area contributed by atoms with Gasteiger partial charge in [-0.05, 0) is 40.2 Å². The van der Waals surface area contributed by atoms with Gasteiger partial charge < -0.3 is 15.8 Å². The number of nitrogens with two attached hydrogens (primary N) is 1. The summed E-state index contributed by atoms with van der Waals surface area (Å²) < 4.78 is 5.72. The Hall–Kier alpha value is -1.53. The lowest BCUT2D eigenvalue weighted by atomic mass is 10.1. The second-order valence-corrected chi connectivity index (χ2v) is 5.79. The van der Waals surface area contributed by atoms with Crippen LogP contribution >= 0.6 is 27.3 Å². The number of halogens is 1. The molecule has 0 saturated carbocycles. The summed E-state index contributed by atoms with van der Waals surface area (Å²) in [5.41, 5.74) is 7.68. The smallest absolute Gasteiger partial charge is 0.337 e. The van der Waals surface area contributed by atoms with Crippen LogP contribution in [0.3, 0.4) is 0 Å². The van der Waals surface area contributed by atoms with Gasteiger partial charge in [-0.25, -0.2) is 4.79 Å². The maximum absolute atomic E-state index is 11.4. The summed E-state index contributed by atoms with van der Waals surface area (Å²) in [4.78, 5) is 12.6. The van der Waals surface area contributed by atoms with Crippen LogP contribution in [0.2, 0.25) is 0 Å². The van der Waals surface area contributed by atoms with Crippen molar-refractivity contribution in [1.29, 1.82) is 0 Å². The number of carbonyl (C=O) groups is 1. The monoisotopic (exact) mass is 340 g/mol. The Bertz CT molecular complexity index is 598.